The Balaban J connectivity index is 0. The first-order chi connectivity index (χ1) is 12.4. The van der Waals surface area contributed by atoms with Gasteiger partial charge < -0.3 is 20.1 Å². The zero-order chi connectivity index (χ0) is 19.4. The van der Waals surface area contributed by atoms with Crippen molar-refractivity contribution in [3.63, 3.8) is 0 Å². The van der Waals surface area contributed by atoms with Crippen LogP contribution in [0.25, 0.3) is 0 Å². The van der Waals surface area contributed by atoms with E-state index in [-0.39, 0.29) is 39.2 Å². The molecule has 0 spiro atoms. The van der Waals surface area contributed by atoms with Gasteiger partial charge in [-0.15, -0.1) is 0 Å². The van der Waals surface area contributed by atoms with Crippen molar-refractivity contribution < 1.29 is 26.7 Å². The number of ketones is 1. The highest BCUT2D eigenvalue weighted by molar-refractivity contribution is 5.83. The van der Waals surface area contributed by atoms with Gasteiger partial charge in [0.05, 0.1) is 13.2 Å². The fourth-order valence-electron chi connectivity index (χ4n) is 3.07. The fourth-order valence-corrected chi connectivity index (χ4v) is 3.07. The van der Waals surface area contributed by atoms with E-state index in [9.17, 15) is 14.4 Å². The lowest BCUT2D eigenvalue weighted by Gasteiger charge is -2.29. The molecule has 7 nitrogen and oxygen atoms in total. The third-order valence-electron chi connectivity index (χ3n) is 4.54. The molecule has 1 fully saturated rings. The van der Waals surface area contributed by atoms with Crippen LogP contribution in [-0.2, 0) is 23.9 Å². The van der Waals surface area contributed by atoms with E-state index in [1.54, 1.807) is 0 Å². The lowest BCUT2D eigenvalue weighted by molar-refractivity contribution is -0.127. The normalized spacial score (nSPS) is 20.0. The molecule has 1 aliphatic rings. The average molecular weight is 375 g/mol. The largest absolute Gasteiger partial charge is 0.379 e. The van der Waals surface area contributed by atoms with Crippen LogP contribution in [0.5, 0.6) is 0 Å². The molecule has 2 N–H and O–H groups in total. The molecule has 1 aliphatic carbocycles. The Bertz CT molecular complexity index is 456. The van der Waals surface area contributed by atoms with E-state index in [1.165, 1.54) is 0 Å². The fraction of sp³-hybridized carbons (Fsp3) is 0.842. The van der Waals surface area contributed by atoms with E-state index in [0.717, 1.165) is 25.7 Å². The monoisotopic (exact) mass is 374 g/mol. The number of nitrogens with one attached hydrogen (secondary N) is 2. The van der Waals surface area contributed by atoms with Gasteiger partial charge in [-0.2, -0.15) is 0 Å². The van der Waals surface area contributed by atoms with Gasteiger partial charge >= 0.3 is 0 Å². The highest BCUT2D eigenvalue weighted by Crippen LogP contribution is 2.27. The number of Topliss-reactive ketones (excluding diaryl/α,β-unsaturated/α-hetero) is 1. The van der Waals surface area contributed by atoms with E-state index in [1.807, 2.05) is 20.8 Å². The Morgan fingerprint density at radius 2 is 1.73 bits per heavy atom. The van der Waals surface area contributed by atoms with Crippen molar-refractivity contribution in [1.82, 2.24) is 10.6 Å². The summed E-state index contributed by atoms with van der Waals surface area (Å²) in [5.41, 5.74) is 0. The number of ether oxygens (including phenoxy) is 2. The third kappa shape index (κ3) is 9.29. The van der Waals surface area contributed by atoms with Crippen LogP contribution in [0.1, 0.15) is 55.7 Å². The third-order valence-corrected chi connectivity index (χ3v) is 4.54. The summed E-state index contributed by atoms with van der Waals surface area (Å²) in [7, 11) is 0. The number of carbonyl (C=O) groups excluding carboxylic acids is 3. The van der Waals surface area contributed by atoms with Crippen LogP contribution in [0.3, 0.4) is 0 Å². The number of hydrogen-bond acceptors (Lipinski definition) is 5. The van der Waals surface area contributed by atoms with Crippen LogP contribution in [0.4, 0.5) is 0 Å². The molecule has 0 aromatic rings. The Kier molecular flexibility index (Phi) is 11.1. The quantitative estimate of drug-likeness (QED) is 0.509. The van der Waals surface area contributed by atoms with Gasteiger partial charge in [0.25, 0.3) is 0 Å². The molecule has 0 radical (unpaired) electrons. The van der Waals surface area contributed by atoms with Crippen molar-refractivity contribution >= 4 is 17.6 Å². The molecule has 0 unspecified atom stereocenters. The molecule has 1 rings (SSSR count). The smallest absolute Gasteiger partial charge is 0.246 e. The predicted molar refractivity (Wildman–Crippen MR) is 103 cm³/mol. The minimum absolute atomic E-state index is 0. The van der Waals surface area contributed by atoms with Crippen molar-refractivity contribution in [3.05, 3.63) is 0 Å². The average Bonchev–Trinajstić information content (AvgIpc) is 2.62. The van der Waals surface area contributed by atoms with Crippen LogP contribution < -0.4 is 10.6 Å². The molecule has 2 amide bonds. The standard InChI is InChI=1S/C19H34N2O5.2H2/c1-4-25-13-18(23)20-10-12-26-11-9-17(22)21-16-7-5-15(6-8-16)19(24)14(2)3;;/h14-16H,4-13H2,1-3H3,(H,20,23)(H,21,22);2*1H. The molecule has 1 saturated carbocycles. The molecule has 0 aliphatic heterocycles. The molecule has 0 bridgehead atoms. The molecule has 154 valence electrons. The first-order valence-corrected chi connectivity index (χ1v) is 9.69. The molecular formula is C19H38N2O5. The minimum atomic E-state index is -0.167. The predicted octanol–water partition coefficient (Wildman–Crippen LogP) is 1.94. The zero-order valence-electron chi connectivity index (χ0n) is 16.3. The Morgan fingerprint density at radius 1 is 1.04 bits per heavy atom. The Labute approximate surface area is 159 Å². The van der Waals surface area contributed by atoms with Crippen LogP contribution >= 0.6 is 0 Å². The molecular weight excluding hydrogens is 336 g/mol. The molecule has 0 aromatic heterocycles. The lowest BCUT2D eigenvalue weighted by Crippen LogP contribution is -2.39. The summed E-state index contributed by atoms with van der Waals surface area (Å²) in [5.74, 6) is 0.400. The van der Waals surface area contributed by atoms with E-state index < -0.39 is 0 Å². The minimum Gasteiger partial charge on any atom is -0.379 e. The summed E-state index contributed by atoms with van der Waals surface area (Å²) in [6.45, 7) is 7.39. The number of amides is 2. The van der Waals surface area contributed by atoms with Gasteiger partial charge in [-0.3, -0.25) is 14.4 Å². The second kappa shape index (κ2) is 12.8. The summed E-state index contributed by atoms with van der Waals surface area (Å²) in [6, 6.07) is 0.163. The van der Waals surface area contributed by atoms with E-state index in [2.05, 4.69) is 10.6 Å². The van der Waals surface area contributed by atoms with E-state index in [4.69, 9.17) is 9.47 Å². The number of rotatable bonds is 12. The summed E-state index contributed by atoms with van der Waals surface area (Å²) >= 11 is 0. The first-order valence-electron chi connectivity index (χ1n) is 9.69. The van der Waals surface area contributed by atoms with Gasteiger partial charge in [-0.25, -0.2) is 0 Å². The molecule has 0 saturated heterocycles. The summed E-state index contributed by atoms with van der Waals surface area (Å²) in [5, 5.41) is 5.70. The molecule has 0 aromatic carbocycles. The van der Waals surface area contributed by atoms with Gasteiger partial charge in [0, 0.05) is 40.3 Å². The summed E-state index contributed by atoms with van der Waals surface area (Å²) < 4.78 is 10.3. The first kappa shape index (κ1) is 22.6. The van der Waals surface area contributed by atoms with E-state index >= 15 is 0 Å². The second-order valence-corrected chi connectivity index (χ2v) is 7.02. The number of carbonyl (C=O) groups is 3. The molecule has 0 heterocycles. The van der Waals surface area contributed by atoms with Gasteiger partial charge in [0.1, 0.15) is 12.4 Å². The second-order valence-electron chi connectivity index (χ2n) is 7.02. The van der Waals surface area contributed by atoms with Crippen LogP contribution in [0.15, 0.2) is 0 Å². The maximum atomic E-state index is 12.0. The SMILES string of the molecule is CCOCC(=O)NCCOCCC(=O)NC1CCC(C(=O)C(C)C)CC1.[HH].[HH]. The van der Waals surface area contributed by atoms with Gasteiger partial charge in [0.15, 0.2) is 0 Å². The summed E-state index contributed by atoms with van der Waals surface area (Å²) in [4.78, 5) is 35.3. The van der Waals surface area contributed by atoms with Gasteiger partial charge in [0.2, 0.25) is 11.8 Å². The highest BCUT2D eigenvalue weighted by atomic mass is 16.5. The molecule has 7 heteroatoms. The Morgan fingerprint density at radius 3 is 2.35 bits per heavy atom. The lowest BCUT2D eigenvalue weighted by atomic mass is 9.80. The summed E-state index contributed by atoms with van der Waals surface area (Å²) in [6.07, 6.45) is 3.75. The van der Waals surface area contributed by atoms with Gasteiger partial charge in [-0.1, -0.05) is 13.8 Å². The van der Waals surface area contributed by atoms with Crippen molar-refractivity contribution in [2.75, 3.05) is 33.0 Å². The van der Waals surface area contributed by atoms with Crippen molar-refractivity contribution in [2.45, 2.75) is 58.9 Å². The Hall–Kier alpha value is -1.47. The molecule has 26 heavy (non-hydrogen) atoms. The number of hydrogen-bond donors (Lipinski definition) is 2. The van der Waals surface area contributed by atoms with E-state index in [0.29, 0.717) is 38.6 Å². The van der Waals surface area contributed by atoms with Crippen molar-refractivity contribution in [1.29, 1.82) is 0 Å². The maximum Gasteiger partial charge on any atom is 0.246 e. The van der Waals surface area contributed by atoms with Crippen LogP contribution in [-0.4, -0.2) is 56.6 Å². The topological polar surface area (TPSA) is 93.7 Å². The van der Waals surface area contributed by atoms with Crippen molar-refractivity contribution in [2.24, 2.45) is 11.8 Å². The zero-order valence-corrected chi connectivity index (χ0v) is 16.3. The maximum absolute atomic E-state index is 12.0. The van der Waals surface area contributed by atoms with Gasteiger partial charge in [-0.05, 0) is 32.6 Å². The highest BCUT2D eigenvalue weighted by Gasteiger charge is 2.28. The van der Waals surface area contributed by atoms with Crippen molar-refractivity contribution in [3.8, 4) is 0 Å². The van der Waals surface area contributed by atoms with Crippen LogP contribution in [0, 0.1) is 11.8 Å². The van der Waals surface area contributed by atoms with Crippen LogP contribution in [0.2, 0.25) is 0 Å². The molecule has 0 atom stereocenters.